The molecular weight excluding hydrogens is 414 g/mol. The summed E-state index contributed by atoms with van der Waals surface area (Å²) in [6, 6.07) is 22.2. The highest BCUT2D eigenvalue weighted by Crippen LogP contribution is 2.20. The van der Waals surface area contributed by atoms with Crippen molar-refractivity contribution in [3.05, 3.63) is 101 Å². The monoisotopic (exact) mass is 441 g/mol. The van der Waals surface area contributed by atoms with Gasteiger partial charge in [0.15, 0.2) is 0 Å². The highest BCUT2D eigenvalue weighted by molar-refractivity contribution is 5.97. The average molecular weight is 442 g/mol. The van der Waals surface area contributed by atoms with Crippen LogP contribution in [0, 0.1) is 13.8 Å². The van der Waals surface area contributed by atoms with Gasteiger partial charge in [0.2, 0.25) is 5.91 Å². The molecule has 0 aliphatic rings. The summed E-state index contributed by atoms with van der Waals surface area (Å²) in [6.45, 7) is 4.14. The van der Waals surface area contributed by atoms with Crippen molar-refractivity contribution in [2.75, 3.05) is 5.32 Å². The Morgan fingerprint density at radius 2 is 1.70 bits per heavy atom. The van der Waals surface area contributed by atoms with Gasteiger partial charge in [0.25, 0.3) is 0 Å². The maximum absolute atomic E-state index is 13.2. The third kappa shape index (κ3) is 5.60. The number of H-pyrrole nitrogens is 1. The minimum Gasteiger partial charge on any atom is -0.445 e. The summed E-state index contributed by atoms with van der Waals surface area (Å²) >= 11 is 0. The highest BCUT2D eigenvalue weighted by Gasteiger charge is 2.23. The first-order valence-electron chi connectivity index (χ1n) is 10.9. The van der Waals surface area contributed by atoms with Crippen LogP contribution < -0.4 is 10.6 Å². The molecule has 168 valence electrons. The van der Waals surface area contributed by atoms with E-state index in [-0.39, 0.29) is 12.5 Å². The predicted octanol–water partition coefficient (Wildman–Crippen LogP) is 5.26. The Balaban J connectivity index is 1.50. The normalized spacial score (nSPS) is 11.7. The molecule has 0 saturated carbocycles. The molecule has 4 rings (SSSR count). The van der Waals surface area contributed by atoms with E-state index in [1.807, 2.05) is 92.8 Å². The Kier molecular flexibility index (Phi) is 6.74. The number of amides is 2. The topological polar surface area (TPSA) is 83.2 Å². The van der Waals surface area contributed by atoms with E-state index >= 15 is 0 Å². The van der Waals surface area contributed by atoms with Gasteiger partial charge in [-0.05, 0) is 54.3 Å². The number of carbonyl (C=O) groups is 2. The fourth-order valence-electron chi connectivity index (χ4n) is 3.69. The van der Waals surface area contributed by atoms with Crippen molar-refractivity contribution in [1.82, 2.24) is 10.3 Å². The second-order valence-electron chi connectivity index (χ2n) is 8.11. The quantitative estimate of drug-likeness (QED) is 0.366. The van der Waals surface area contributed by atoms with Gasteiger partial charge < -0.3 is 20.4 Å². The Bertz CT molecular complexity index is 1260. The van der Waals surface area contributed by atoms with Crippen LogP contribution in [0.25, 0.3) is 10.9 Å². The van der Waals surface area contributed by atoms with Crippen LogP contribution in [0.15, 0.2) is 79.0 Å². The largest absolute Gasteiger partial charge is 0.445 e. The van der Waals surface area contributed by atoms with Gasteiger partial charge in [0.1, 0.15) is 12.6 Å². The second kappa shape index (κ2) is 10.0. The number of para-hydroxylation sites is 1. The molecule has 0 bridgehead atoms. The van der Waals surface area contributed by atoms with Crippen LogP contribution in [0.5, 0.6) is 0 Å². The molecule has 0 spiro atoms. The summed E-state index contributed by atoms with van der Waals surface area (Å²) in [7, 11) is 0. The maximum Gasteiger partial charge on any atom is 0.408 e. The number of hydrogen-bond acceptors (Lipinski definition) is 3. The number of rotatable bonds is 7. The molecule has 1 heterocycles. The zero-order chi connectivity index (χ0) is 23.2. The van der Waals surface area contributed by atoms with Crippen molar-refractivity contribution in [3.63, 3.8) is 0 Å². The van der Waals surface area contributed by atoms with E-state index < -0.39 is 12.1 Å². The lowest BCUT2D eigenvalue weighted by molar-refractivity contribution is -0.118. The molecule has 6 nitrogen and oxygen atoms in total. The van der Waals surface area contributed by atoms with Gasteiger partial charge >= 0.3 is 6.09 Å². The third-order valence-electron chi connectivity index (χ3n) is 5.69. The Morgan fingerprint density at radius 3 is 2.48 bits per heavy atom. The van der Waals surface area contributed by atoms with Gasteiger partial charge in [-0.15, -0.1) is 0 Å². The number of alkyl carbamates (subject to hydrolysis) is 1. The van der Waals surface area contributed by atoms with E-state index in [1.54, 1.807) is 0 Å². The molecule has 0 aliphatic heterocycles. The molecular formula is C27H27N3O3. The molecule has 0 fully saturated rings. The van der Waals surface area contributed by atoms with Crippen molar-refractivity contribution >= 4 is 28.6 Å². The molecule has 0 aliphatic carbocycles. The number of hydrogen-bond donors (Lipinski definition) is 3. The lowest BCUT2D eigenvalue weighted by atomic mass is 10.0. The summed E-state index contributed by atoms with van der Waals surface area (Å²) < 4.78 is 5.36. The van der Waals surface area contributed by atoms with Crippen LogP contribution in [-0.2, 0) is 22.6 Å². The minimum atomic E-state index is -0.811. The number of benzene rings is 3. The Morgan fingerprint density at radius 1 is 0.939 bits per heavy atom. The SMILES string of the molecule is Cc1ccc(NC(=O)C(Cc2c[nH]c3ccccc23)NC(=O)OCc2ccccc2)cc1C. The molecule has 0 radical (unpaired) electrons. The van der Waals surface area contributed by atoms with Gasteiger partial charge in [-0.3, -0.25) is 4.79 Å². The standard InChI is InChI=1S/C27H27N3O3/c1-18-12-13-22(14-19(18)2)29-26(31)25(15-21-16-28-24-11-7-6-10-23(21)24)30-27(32)33-17-20-8-4-3-5-9-20/h3-14,16,25,28H,15,17H2,1-2H3,(H,29,31)(H,30,32). The molecule has 4 aromatic rings. The van der Waals surface area contributed by atoms with Crippen LogP contribution >= 0.6 is 0 Å². The molecule has 0 saturated heterocycles. The first kappa shape index (κ1) is 22.1. The molecule has 1 atom stereocenters. The number of anilines is 1. The van der Waals surface area contributed by atoms with E-state index in [4.69, 9.17) is 4.74 Å². The highest BCUT2D eigenvalue weighted by atomic mass is 16.5. The Hall–Kier alpha value is -4.06. The van der Waals surface area contributed by atoms with E-state index in [1.165, 1.54) is 0 Å². The van der Waals surface area contributed by atoms with Crippen molar-refractivity contribution in [1.29, 1.82) is 0 Å². The average Bonchev–Trinajstić information content (AvgIpc) is 3.23. The second-order valence-corrected chi connectivity index (χ2v) is 8.11. The molecule has 2 amide bonds. The zero-order valence-electron chi connectivity index (χ0n) is 18.7. The van der Waals surface area contributed by atoms with Gasteiger partial charge in [0.05, 0.1) is 0 Å². The number of aromatic nitrogens is 1. The minimum absolute atomic E-state index is 0.130. The first-order chi connectivity index (χ1) is 16.0. The van der Waals surface area contributed by atoms with Crippen LogP contribution in [0.1, 0.15) is 22.3 Å². The number of aromatic amines is 1. The summed E-state index contributed by atoms with van der Waals surface area (Å²) in [5.41, 5.74) is 5.70. The molecule has 3 aromatic carbocycles. The van der Waals surface area contributed by atoms with Crippen molar-refractivity contribution in [2.24, 2.45) is 0 Å². The number of fused-ring (bicyclic) bond motifs is 1. The lowest BCUT2D eigenvalue weighted by Crippen LogP contribution is -2.45. The fourth-order valence-corrected chi connectivity index (χ4v) is 3.69. The molecule has 33 heavy (non-hydrogen) atoms. The van der Waals surface area contributed by atoms with Gasteiger partial charge in [-0.25, -0.2) is 4.79 Å². The number of nitrogens with one attached hydrogen (secondary N) is 3. The Labute approximate surface area is 193 Å². The van der Waals surface area contributed by atoms with Crippen LogP contribution in [0.4, 0.5) is 10.5 Å². The third-order valence-corrected chi connectivity index (χ3v) is 5.69. The summed E-state index contributed by atoms with van der Waals surface area (Å²) in [4.78, 5) is 29.0. The van der Waals surface area contributed by atoms with E-state index in [0.29, 0.717) is 12.1 Å². The van der Waals surface area contributed by atoms with E-state index in [0.717, 1.165) is 33.2 Å². The summed E-state index contributed by atoms with van der Waals surface area (Å²) in [6.07, 6.45) is 1.55. The van der Waals surface area contributed by atoms with E-state index in [9.17, 15) is 9.59 Å². The predicted molar refractivity (Wildman–Crippen MR) is 130 cm³/mol. The number of aryl methyl sites for hydroxylation is 2. The fraction of sp³-hybridized carbons (Fsp3) is 0.185. The van der Waals surface area contributed by atoms with Gasteiger partial charge in [-0.1, -0.05) is 54.6 Å². The smallest absolute Gasteiger partial charge is 0.408 e. The summed E-state index contributed by atoms with van der Waals surface area (Å²) in [5.74, 6) is -0.305. The van der Waals surface area contributed by atoms with Crippen molar-refractivity contribution < 1.29 is 14.3 Å². The van der Waals surface area contributed by atoms with Crippen molar-refractivity contribution in [3.8, 4) is 0 Å². The molecule has 1 aromatic heterocycles. The van der Waals surface area contributed by atoms with Gasteiger partial charge in [-0.2, -0.15) is 0 Å². The molecule has 6 heteroatoms. The first-order valence-corrected chi connectivity index (χ1v) is 10.9. The van der Waals surface area contributed by atoms with Crippen molar-refractivity contribution in [2.45, 2.75) is 32.9 Å². The number of carbonyl (C=O) groups excluding carboxylic acids is 2. The molecule has 3 N–H and O–H groups in total. The van der Waals surface area contributed by atoms with Crippen LogP contribution in [0.3, 0.4) is 0 Å². The van der Waals surface area contributed by atoms with Crippen LogP contribution in [-0.4, -0.2) is 23.0 Å². The summed E-state index contributed by atoms with van der Waals surface area (Å²) in [5, 5.41) is 6.69. The lowest BCUT2D eigenvalue weighted by Gasteiger charge is -2.19. The van der Waals surface area contributed by atoms with Crippen LogP contribution in [0.2, 0.25) is 0 Å². The van der Waals surface area contributed by atoms with Gasteiger partial charge in [0, 0.05) is 29.2 Å². The maximum atomic E-state index is 13.2. The zero-order valence-corrected chi connectivity index (χ0v) is 18.7. The number of ether oxygens (including phenoxy) is 1. The molecule has 1 unspecified atom stereocenters. The van der Waals surface area contributed by atoms with E-state index in [2.05, 4.69) is 15.6 Å².